The van der Waals surface area contributed by atoms with E-state index >= 15 is 0 Å². The monoisotopic (exact) mass is 214 g/mol. The van der Waals surface area contributed by atoms with Crippen molar-refractivity contribution in [3.8, 4) is 0 Å². The highest BCUT2D eigenvalue weighted by atomic mass is 35.5. The lowest BCUT2D eigenvalue weighted by atomic mass is 10.1. The second kappa shape index (κ2) is 4.45. The maximum absolute atomic E-state index is 11.4. The van der Waals surface area contributed by atoms with Gasteiger partial charge in [0.25, 0.3) is 0 Å². The molecule has 0 aliphatic rings. The summed E-state index contributed by atoms with van der Waals surface area (Å²) in [5.74, 6) is -0.0448. The number of Topliss-reactive ketones (excluding diaryl/α,β-unsaturated/α-hetero) is 1. The smallest absolute Gasteiger partial charge is 0.168 e. The molecule has 0 atom stereocenters. The minimum Gasteiger partial charge on any atom is -0.294 e. The fourth-order valence-corrected chi connectivity index (χ4v) is 1.47. The Labute approximate surface area is 87.0 Å². The number of allylic oxidation sites excluding steroid dienone is 1. The van der Waals surface area contributed by atoms with Gasteiger partial charge in [-0.25, -0.2) is 0 Å². The molecule has 1 aromatic rings. The van der Waals surface area contributed by atoms with Gasteiger partial charge in [-0.05, 0) is 18.2 Å². The predicted octanol–water partition coefficient (Wildman–Crippen LogP) is 3.75. The number of hydrogen-bond donors (Lipinski definition) is 0. The molecule has 0 aliphatic heterocycles. The molecule has 0 unspecified atom stereocenters. The van der Waals surface area contributed by atoms with Gasteiger partial charge in [0.1, 0.15) is 0 Å². The van der Waals surface area contributed by atoms with E-state index in [1.807, 2.05) is 0 Å². The lowest BCUT2D eigenvalue weighted by molar-refractivity contribution is 0.0996. The van der Waals surface area contributed by atoms with E-state index < -0.39 is 0 Å². The number of benzene rings is 1. The third-order valence-corrected chi connectivity index (χ3v) is 2.11. The molecule has 0 heterocycles. The summed E-state index contributed by atoms with van der Waals surface area (Å²) in [5.41, 5.74) is 0.492. The molecule has 1 aromatic carbocycles. The summed E-state index contributed by atoms with van der Waals surface area (Å²) in [6.45, 7) is 3.48. The van der Waals surface area contributed by atoms with Crippen LogP contribution >= 0.6 is 23.2 Å². The first-order valence-electron chi connectivity index (χ1n) is 3.74. The summed E-state index contributed by atoms with van der Waals surface area (Å²) in [6, 6.07) is 4.82. The van der Waals surface area contributed by atoms with Gasteiger partial charge in [-0.2, -0.15) is 0 Å². The summed E-state index contributed by atoms with van der Waals surface area (Å²) in [7, 11) is 0. The van der Waals surface area contributed by atoms with Gasteiger partial charge in [0.05, 0.1) is 5.02 Å². The Hall–Kier alpha value is -0.790. The van der Waals surface area contributed by atoms with Crippen LogP contribution in [-0.4, -0.2) is 5.78 Å². The first kappa shape index (κ1) is 10.3. The number of carbonyl (C=O) groups is 1. The molecule has 0 aromatic heterocycles. The van der Waals surface area contributed by atoms with Gasteiger partial charge in [-0.1, -0.05) is 29.3 Å². The van der Waals surface area contributed by atoms with Crippen molar-refractivity contribution in [2.45, 2.75) is 6.42 Å². The Kier molecular flexibility index (Phi) is 3.52. The Morgan fingerprint density at radius 1 is 1.46 bits per heavy atom. The second-order valence-electron chi connectivity index (χ2n) is 2.54. The van der Waals surface area contributed by atoms with Crippen LogP contribution < -0.4 is 0 Å². The number of carbonyl (C=O) groups excluding carboxylic acids is 1. The maximum atomic E-state index is 11.4. The molecule has 0 saturated heterocycles. The van der Waals surface area contributed by atoms with E-state index in [4.69, 9.17) is 23.2 Å². The second-order valence-corrected chi connectivity index (χ2v) is 3.38. The normalized spacial score (nSPS) is 9.69. The van der Waals surface area contributed by atoms with Crippen molar-refractivity contribution in [1.82, 2.24) is 0 Å². The summed E-state index contributed by atoms with van der Waals surface area (Å²) in [4.78, 5) is 11.4. The largest absolute Gasteiger partial charge is 0.294 e. The van der Waals surface area contributed by atoms with Crippen LogP contribution in [0.5, 0.6) is 0 Å². The Morgan fingerprint density at radius 2 is 2.15 bits per heavy atom. The van der Waals surface area contributed by atoms with Gasteiger partial charge in [0.15, 0.2) is 5.78 Å². The van der Waals surface area contributed by atoms with Crippen molar-refractivity contribution in [3.63, 3.8) is 0 Å². The number of rotatable bonds is 3. The Balaban J connectivity index is 3.01. The molecule has 1 rings (SSSR count). The van der Waals surface area contributed by atoms with Crippen LogP contribution in [0.3, 0.4) is 0 Å². The summed E-state index contributed by atoms with van der Waals surface area (Å²) in [5, 5.41) is 0.916. The molecule has 0 radical (unpaired) electrons. The quantitative estimate of drug-likeness (QED) is 0.554. The van der Waals surface area contributed by atoms with Crippen LogP contribution in [0.25, 0.3) is 0 Å². The topological polar surface area (TPSA) is 17.1 Å². The lowest BCUT2D eigenvalue weighted by Gasteiger charge is -2.01. The molecule has 0 aliphatic carbocycles. The van der Waals surface area contributed by atoms with Gasteiger partial charge in [-0.15, -0.1) is 6.58 Å². The first-order chi connectivity index (χ1) is 6.15. The van der Waals surface area contributed by atoms with Gasteiger partial charge >= 0.3 is 0 Å². The number of hydrogen-bond acceptors (Lipinski definition) is 1. The van der Waals surface area contributed by atoms with Gasteiger partial charge in [-0.3, -0.25) is 4.79 Å². The molecule has 1 nitrogen and oxygen atoms in total. The van der Waals surface area contributed by atoms with Crippen LogP contribution in [-0.2, 0) is 0 Å². The van der Waals surface area contributed by atoms with E-state index in [0.29, 0.717) is 22.0 Å². The molecule has 0 amide bonds. The molecule has 0 fully saturated rings. The summed E-state index contributed by atoms with van der Waals surface area (Å²) < 4.78 is 0. The third kappa shape index (κ3) is 2.58. The molecular formula is C10H8Cl2O. The fourth-order valence-electron chi connectivity index (χ4n) is 0.957. The van der Waals surface area contributed by atoms with Crippen molar-refractivity contribution in [2.24, 2.45) is 0 Å². The average Bonchev–Trinajstić information content (AvgIpc) is 2.04. The van der Waals surface area contributed by atoms with Crippen molar-refractivity contribution in [2.75, 3.05) is 0 Å². The van der Waals surface area contributed by atoms with Crippen molar-refractivity contribution >= 4 is 29.0 Å². The van der Waals surface area contributed by atoms with Crippen LogP contribution in [0.15, 0.2) is 30.9 Å². The average molecular weight is 215 g/mol. The molecule has 68 valence electrons. The zero-order valence-corrected chi connectivity index (χ0v) is 8.40. The van der Waals surface area contributed by atoms with Crippen molar-refractivity contribution in [1.29, 1.82) is 0 Å². The zero-order valence-electron chi connectivity index (χ0n) is 6.89. The SMILES string of the molecule is C=CCC(=O)c1ccc(Cl)cc1Cl. The van der Waals surface area contributed by atoms with Crippen molar-refractivity contribution < 1.29 is 4.79 Å². The number of ketones is 1. The standard InChI is InChI=1S/C10H8Cl2O/c1-2-3-10(13)8-5-4-7(11)6-9(8)12/h2,4-6H,1,3H2. The van der Waals surface area contributed by atoms with E-state index in [1.165, 1.54) is 0 Å². The van der Waals surface area contributed by atoms with Crippen LogP contribution in [0.2, 0.25) is 10.0 Å². The molecule has 0 saturated carbocycles. The summed E-state index contributed by atoms with van der Waals surface area (Å²) in [6.07, 6.45) is 1.84. The van der Waals surface area contributed by atoms with E-state index in [0.717, 1.165) is 0 Å². The maximum Gasteiger partial charge on any atom is 0.168 e. The van der Waals surface area contributed by atoms with Crippen LogP contribution in [0, 0.1) is 0 Å². The fraction of sp³-hybridized carbons (Fsp3) is 0.100. The highest BCUT2D eigenvalue weighted by molar-refractivity contribution is 6.36. The molecule has 0 N–H and O–H groups in total. The van der Waals surface area contributed by atoms with Gasteiger partial charge in [0.2, 0.25) is 0 Å². The lowest BCUT2D eigenvalue weighted by Crippen LogP contribution is -1.97. The Morgan fingerprint density at radius 3 is 2.69 bits per heavy atom. The van der Waals surface area contributed by atoms with Crippen LogP contribution in [0.4, 0.5) is 0 Å². The first-order valence-corrected chi connectivity index (χ1v) is 4.50. The highest BCUT2D eigenvalue weighted by Gasteiger charge is 2.08. The van der Waals surface area contributed by atoms with E-state index in [2.05, 4.69) is 6.58 Å². The number of halogens is 2. The minimum atomic E-state index is -0.0448. The summed E-state index contributed by atoms with van der Waals surface area (Å²) >= 11 is 11.5. The van der Waals surface area contributed by atoms with E-state index in [-0.39, 0.29) is 5.78 Å². The highest BCUT2D eigenvalue weighted by Crippen LogP contribution is 2.22. The predicted molar refractivity (Wildman–Crippen MR) is 55.6 cm³/mol. The van der Waals surface area contributed by atoms with E-state index in [9.17, 15) is 4.79 Å². The van der Waals surface area contributed by atoms with Gasteiger partial charge in [0, 0.05) is 17.0 Å². The van der Waals surface area contributed by atoms with Gasteiger partial charge < -0.3 is 0 Å². The molecule has 3 heteroatoms. The third-order valence-electron chi connectivity index (χ3n) is 1.56. The molecule has 0 spiro atoms. The van der Waals surface area contributed by atoms with E-state index in [1.54, 1.807) is 24.3 Å². The Bertz CT molecular complexity index is 345. The zero-order chi connectivity index (χ0) is 9.84. The minimum absolute atomic E-state index is 0.0448. The molecular weight excluding hydrogens is 207 g/mol. The molecule has 13 heavy (non-hydrogen) atoms. The van der Waals surface area contributed by atoms with Crippen LogP contribution in [0.1, 0.15) is 16.8 Å². The van der Waals surface area contributed by atoms with Crippen molar-refractivity contribution in [3.05, 3.63) is 46.5 Å². The molecule has 0 bridgehead atoms.